The predicted molar refractivity (Wildman–Crippen MR) is 96.5 cm³/mol. The van der Waals surface area contributed by atoms with E-state index in [1.54, 1.807) is 0 Å². The summed E-state index contributed by atoms with van der Waals surface area (Å²) in [5.74, 6) is 2.47. The van der Waals surface area contributed by atoms with Gasteiger partial charge in [-0.2, -0.15) is 0 Å². The molecular weight excluding hydrogens is 298 g/mol. The van der Waals surface area contributed by atoms with Gasteiger partial charge in [0.25, 0.3) is 0 Å². The summed E-state index contributed by atoms with van der Waals surface area (Å²) in [7, 11) is 0. The van der Waals surface area contributed by atoms with Gasteiger partial charge in [0.05, 0.1) is 11.0 Å². The van der Waals surface area contributed by atoms with E-state index in [0.717, 1.165) is 60.1 Å². The summed E-state index contributed by atoms with van der Waals surface area (Å²) < 4.78 is 0. The zero-order valence-corrected chi connectivity index (χ0v) is 14.5. The Morgan fingerprint density at radius 2 is 1.67 bits per heavy atom. The molecule has 0 unspecified atom stereocenters. The maximum Gasteiger partial charge on any atom is 0.225 e. The summed E-state index contributed by atoms with van der Waals surface area (Å²) >= 11 is 0. The highest BCUT2D eigenvalue weighted by molar-refractivity contribution is 5.75. The van der Waals surface area contributed by atoms with Crippen molar-refractivity contribution in [3.05, 3.63) is 47.0 Å². The fraction of sp³-hybridized carbons (Fsp3) is 0.421. The van der Waals surface area contributed by atoms with E-state index in [9.17, 15) is 0 Å². The molecule has 5 heteroatoms. The summed E-state index contributed by atoms with van der Waals surface area (Å²) in [4.78, 5) is 19.8. The molecule has 1 aliphatic heterocycles. The Morgan fingerprint density at radius 1 is 0.958 bits per heavy atom. The van der Waals surface area contributed by atoms with Crippen molar-refractivity contribution >= 4 is 17.0 Å². The maximum atomic E-state index is 4.80. The molecule has 3 heterocycles. The molecule has 124 valence electrons. The third-order valence-electron chi connectivity index (χ3n) is 4.79. The first kappa shape index (κ1) is 15.1. The van der Waals surface area contributed by atoms with E-state index < -0.39 is 0 Å². The van der Waals surface area contributed by atoms with Crippen LogP contribution in [0.3, 0.4) is 0 Å². The number of anilines is 1. The Labute approximate surface area is 142 Å². The number of aryl methyl sites for hydroxylation is 3. The van der Waals surface area contributed by atoms with E-state index in [0.29, 0.717) is 5.92 Å². The van der Waals surface area contributed by atoms with E-state index in [1.165, 1.54) is 5.56 Å². The van der Waals surface area contributed by atoms with Gasteiger partial charge in [-0.1, -0.05) is 6.07 Å². The number of hydrogen-bond acceptors (Lipinski definition) is 4. The molecule has 2 aromatic heterocycles. The summed E-state index contributed by atoms with van der Waals surface area (Å²) in [5, 5.41) is 0. The monoisotopic (exact) mass is 321 g/mol. The Hall–Kier alpha value is -2.43. The molecule has 0 bridgehead atoms. The number of piperidine rings is 1. The SMILES string of the molecule is Cc1ccc2nc(C3CCN(c4nc(C)cc(C)n4)CC3)[nH]c2c1. The van der Waals surface area contributed by atoms with Crippen molar-refractivity contribution < 1.29 is 0 Å². The van der Waals surface area contributed by atoms with Crippen LogP contribution in [0.25, 0.3) is 11.0 Å². The third-order valence-corrected chi connectivity index (χ3v) is 4.79. The molecule has 0 saturated carbocycles. The van der Waals surface area contributed by atoms with Gasteiger partial charge >= 0.3 is 0 Å². The van der Waals surface area contributed by atoms with E-state index in [1.807, 2.05) is 19.9 Å². The second-order valence-electron chi connectivity index (χ2n) is 6.85. The molecule has 24 heavy (non-hydrogen) atoms. The third kappa shape index (κ3) is 2.86. The smallest absolute Gasteiger partial charge is 0.225 e. The van der Waals surface area contributed by atoms with Crippen LogP contribution in [0, 0.1) is 20.8 Å². The fourth-order valence-electron chi connectivity index (χ4n) is 3.54. The van der Waals surface area contributed by atoms with Gasteiger partial charge in [-0.25, -0.2) is 15.0 Å². The van der Waals surface area contributed by atoms with Gasteiger partial charge in [0.1, 0.15) is 5.82 Å². The molecule has 4 rings (SSSR count). The van der Waals surface area contributed by atoms with Crippen LogP contribution in [-0.2, 0) is 0 Å². The molecule has 0 radical (unpaired) electrons. The number of hydrogen-bond donors (Lipinski definition) is 1. The van der Waals surface area contributed by atoms with E-state index in [-0.39, 0.29) is 0 Å². The van der Waals surface area contributed by atoms with Crippen molar-refractivity contribution in [3.63, 3.8) is 0 Å². The zero-order chi connectivity index (χ0) is 16.7. The van der Waals surface area contributed by atoms with Gasteiger partial charge in [-0.05, 0) is 57.4 Å². The number of nitrogens with zero attached hydrogens (tertiary/aromatic N) is 4. The highest BCUT2D eigenvalue weighted by Gasteiger charge is 2.24. The number of benzene rings is 1. The molecular formula is C19H23N5. The second-order valence-corrected chi connectivity index (χ2v) is 6.85. The molecule has 1 fully saturated rings. The number of aromatic amines is 1. The minimum atomic E-state index is 0.486. The van der Waals surface area contributed by atoms with E-state index in [4.69, 9.17) is 4.98 Å². The lowest BCUT2D eigenvalue weighted by molar-refractivity contribution is 0.484. The van der Waals surface area contributed by atoms with E-state index in [2.05, 4.69) is 45.0 Å². The first-order valence-electron chi connectivity index (χ1n) is 8.62. The zero-order valence-electron chi connectivity index (χ0n) is 14.5. The normalized spacial score (nSPS) is 16.0. The van der Waals surface area contributed by atoms with Crippen LogP contribution in [0.4, 0.5) is 5.95 Å². The maximum absolute atomic E-state index is 4.80. The predicted octanol–water partition coefficient (Wildman–Crippen LogP) is 3.66. The van der Waals surface area contributed by atoms with Crippen LogP contribution in [0.5, 0.6) is 0 Å². The fourth-order valence-corrected chi connectivity index (χ4v) is 3.54. The van der Waals surface area contributed by atoms with Crippen LogP contribution in [0.2, 0.25) is 0 Å². The van der Waals surface area contributed by atoms with Crippen molar-refractivity contribution in [1.82, 2.24) is 19.9 Å². The number of rotatable bonds is 2. The summed E-state index contributed by atoms with van der Waals surface area (Å²) in [5.41, 5.74) is 5.54. The Bertz CT molecular complexity index is 854. The minimum Gasteiger partial charge on any atom is -0.342 e. The first-order valence-corrected chi connectivity index (χ1v) is 8.62. The summed E-state index contributed by atoms with van der Waals surface area (Å²) in [6.07, 6.45) is 2.16. The van der Waals surface area contributed by atoms with Crippen LogP contribution in [0.1, 0.15) is 41.5 Å². The summed E-state index contributed by atoms with van der Waals surface area (Å²) in [6, 6.07) is 8.41. The lowest BCUT2D eigenvalue weighted by atomic mass is 9.96. The lowest BCUT2D eigenvalue weighted by Crippen LogP contribution is -2.34. The average Bonchev–Trinajstić information content (AvgIpc) is 2.97. The standard InChI is InChI=1S/C19H23N5/c1-12-4-5-16-17(10-12)23-18(22-16)15-6-8-24(9-7-15)19-20-13(2)11-14(3)21-19/h4-5,10-11,15H,6-9H2,1-3H3,(H,22,23). The molecule has 1 aromatic carbocycles. The highest BCUT2D eigenvalue weighted by atomic mass is 15.3. The lowest BCUT2D eigenvalue weighted by Gasteiger charge is -2.31. The molecule has 1 aliphatic rings. The number of aromatic nitrogens is 4. The molecule has 0 atom stereocenters. The van der Waals surface area contributed by atoms with Gasteiger partial charge in [0.2, 0.25) is 5.95 Å². The molecule has 0 amide bonds. The van der Waals surface area contributed by atoms with Gasteiger partial charge in [-0.3, -0.25) is 0 Å². The van der Waals surface area contributed by atoms with E-state index >= 15 is 0 Å². The van der Waals surface area contributed by atoms with Crippen molar-refractivity contribution in [2.75, 3.05) is 18.0 Å². The van der Waals surface area contributed by atoms with Crippen molar-refractivity contribution in [3.8, 4) is 0 Å². The Kier molecular flexibility index (Phi) is 3.71. The van der Waals surface area contributed by atoms with Gasteiger partial charge < -0.3 is 9.88 Å². The molecule has 0 spiro atoms. The van der Waals surface area contributed by atoms with Crippen LogP contribution >= 0.6 is 0 Å². The Balaban J connectivity index is 1.50. The number of H-pyrrole nitrogens is 1. The van der Waals surface area contributed by atoms with Crippen molar-refractivity contribution in [2.24, 2.45) is 0 Å². The van der Waals surface area contributed by atoms with Gasteiger partial charge in [0.15, 0.2) is 0 Å². The largest absolute Gasteiger partial charge is 0.342 e. The highest BCUT2D eigenvalue weighted by Crippen LogP contribution is 2.29. The van der Waals surface area contributed by atoms with Crippen LogP contribution in [-0.4, -0.2) is 33.0 Å². The quantitative estimate of drug-likeness (QED) is 0.782. The summed E-state index contributed by atoms with van der Waals surface area (Å²) in [6.45, 7) is 8.12. The van der Waals surface area contributed by atoms with Gasteiger partial charge in [-0.15, -0.1) is 0 Å². The number of fused-ring (bicyclic) bond motifs is 1. The molecule has 5 nitrogen and oxygen atoms in total. The number of imidazole rings is 1. The van der Waals surface area contributed by atoms with Crippen LogP contribution < -0.4 is 4.90 Å². The van der Waals surface area contributed by atoms with Gasteiger partial charge in [0, 0.05) is 30.4 Å². The molecule has 3 aromatic rings. The topological polar surface area (TPSA) is 57.7 Å². The first-order chi connectivity index (χ1) is 11.6. The van der Waals surface area contributed by atoms with Crippen LogP contribution in [0.15, 0.2) is 24.3 Å². The van der Waals surface area contributed by atoms with Crippen molar-refractivity contribution in [2.45, 2.75) is 39.5 Å². The molecule has 0 aliphatic carbocycles. The van der Waals surface area contributed by atoms with Crippen molar-refractivity contribution in [1.29, 1.82) is 0 Å². The molecule has 1 saturated heterocycles. The Morgan fingerprint density at radius 3 is 2.38 bits per heavy atom. The minimum absolute atomic E-state index is 0.486. The second kappa shape index (κ2) is 5.89. The molecule has 1 N–H and O–H groups in total. The number of nitrogens with one attached hydrogen (secondary N) is 1. The average molecular weight is 321 g/mol.